The zero-order chi connectivity index (χ0) is 108. The number of anilines is 1. The predicted molar refractivity (Wildman–Crippen MR) is 555 cm³/mol. The van der Waals surface area contributed by atoms with Gasteiger partial charge in [-0.05, 0) is 111 Å². The lowest BCUT2D eigenvalue weighted by atomic mass is 9.83. The first-order valence-electron chi connectivity index (χ1n) is 52.9. The highest BCUT2D eigenvalue weighted by Crippen LogP contribution is 2.36. The summed E-state index contributed by atoms with van der Waals surface area (Å²) in [5.41, 5.74) is 5.51. The Balaban J connectivity index is 0.885. The number of nitrogens with one attached hydrogen (secondary N) is 4. The van der Waals surface area contributed by atoms with E-state index in [9.17, 15) is 62.4 Å². The number of hydrogen-bond acceptors (Lipinski definition) is 27. The van der Waals surface area contributed by atoms with Crippen molar-refractivity contribution >= 4 is 83.7 Å². The summed E-state index contributed by atoms with van der Waals surface area (Å²) >= 11 is 0. The molecule has 2 aliphatic heterocycles. The zero-order valence-corrected chi connectivity index (χ0v) is 90.8. The van der Waals surface area contributed by atoms with Crippen molar-refractivity contribution in [3.05, 3.63) is 113 Å². The number of likely N-dealkylation sites (tertiary alicyclic amines) is 1. The Bertz CT molecular complexity index is 4870. The van der Waals surface area contributed by atoms with Gasteiger partial charge in [-0.15, -0.1) is 5.10 Å². The van der Waals surface area contributed by atoms with Gasteiger partial charge in [0.2, 0.25) is 47.3 Å². The van der Waals surface area contributed by atoms with Gasteiger partial charge in [0.15, 0.2) is 11.6 Å². The first-order chi connectivity index (χ1) is 70.9. The number of hydrogen-bond donors (Lipinski definition) is 7. The Morgan fingerprint density at radius 1 is 0.554 bits per heavy atom. The maximum atomic E-state index is 15.2. The number of para-hydroxylation sites is 1. The highest BCUT2D eigenvalue weighted by atomic mass is 31.2. The van der Waals surface area contributed by atoms with Crippen LogP contribution in [0.2, 0.25) is 0 Å². The molecule has 3 aliphatic rings. The van der Waals surface area contributed by atoms with Crippen molar-refractivity contribution in [2.45, 2.75) is 279 Å². The summed E-state index contributed by atoms with van der Waals surface area (Å²) in [5, 5.41) is 31.0. The van der Waals surface area contributed by atoms with Gasteiger partial charge in [-0.3, -0.25) is 62.1 Å². The van der Waals surface area contributed by atoms with Crippen LogP contribution >= 0.6 is 7.60 Å². The van der Waals surface area contributed by atoms with Crippen LogP contribution in [0.3, 0.4) is 0 Å². The van der Waals surface area contributed by atoms with Crippen LogP contribution in [0.15, 0.2) is 78.9 Å². The Morgan fingerprint density at radius 3 is 1.78 bits per heavy atom. The fraction of sp³-hybridized carbons (Fsp3) is 0.688. The average Bonchev–Trinajstić information content (AvgIpc) is 1.30. The number of ketones is 4. The molecule has 1 aromatic heterocycles. The van der Waals surface area contributed by atoms with E-state index in [-0.39, 0.29) is 189 Å². The van der Waals surface area contributed by atoms with Gasteiger partial charge < -0.3 is 108 Å². The standard InChI is InChI=1S/C109H168N11O27P/c1-16-77(8)103(95(137-14)70-99(128)118-49-29-40-91(118)105(138-15)79(10)106(130)112-80(11)104(129)83-33-19-17-20-34-83)117(13)109(133)88(74(2)3)69-93(124)102(76(6)7)116(12)108(132)78(9)67-92(123)100(75(4)5)113-107(131)84(68-87(122)46-52-140-56-60-144-64-63-143-59-55-139-51-30-37-86(121)44-45-98(127)119-71-85-36-24-23-31-81(85)42-43-82-32-25-26-38-89(82)119)35-27-28-48-110-97(126)72-147-94-41-22-18-21-39-90-101(94)114-115-120(90)50-54-142-58-62-146-66-65-145-61-57-141-53-47-96(125)111-73-148(134,135)136/h17,19-20,23-26,31-34,36,38,74-80,84,88,91,94-95,100,102-105,129H,16,18,21-22,27-30,35,37,39-41,44-73H2,1-15H3,(H,110,126)(H,111,125)(H,112,130)(H,113,131)(H2,134,135,136)/t77-,78+,79+,80+,84-,88-,91-,94?,95+,100-,102-,103-,104+,105+/m0/s1. The van der Waals surface area contributed by atoms with Crippen molar-refractivity contribution in [2.24, 2.45) is 47.3 Å². The van der Waals surface area contributed by atoms with Crippen molar-refractivity contribution in [1.82, 2.24) is 51.0 Å². The molecule has 0 spiro atoms. The van der Waals surface area contributed by atoms with Crippen LogP contribution < -0.4 is 26.2 Å². The van der Waals surface area contributed by atoms with Crippen molar-refractivity contribution in [3.63, 3.8) is 0 Å². The number of unbranched alkanes of at least 4 members (excludes halogenated alkanes) is 1. The van der Waals surface area contributed by atoms with E-state index in [0.717, 1.165) is 47.3 Å². The monoisotopic (exact) mass is 2090 g/mol. The number of amides is 8. The molecule has 7 rings (SSSR count). The number of aromatic nitrogens is 3. The molecule has 3 aromatic carbocycles. The number of aliphatic hydroxyl groups is 1. The summed E-state index contributed by atoms with van der Waals surface area (Å²) in [6.07, 6.45) is 3.35. The number of ether oxygens (including phenoxy) is 11. The molecule has 826 valence electrons. The average molecular weight is 2100 g/mol. The molecular formula is C109H168N11O27P. The number of fused-ring (bicyclic) bond motifs is 3. The quantitative estimate of drug-likeness (QED) is 0.0123. The Hall–Kier alpha value is -9.53. The van der Waals surface area contributed by atoms with Gasteiger partial charge in [0.25, 0.3) is 0 Å². The normalized spacial score (nSPS) is 16.7. The van der Waals surface area contributed by atoms with Crippen molar-refractivity contribution in [3.8, 4) is 11.8 Å². The Morgan fingerprint density at radius 2 is 1.16 bits per heavy atom. The summed E-state index contributed by atoms with van der Waals surface area (Å²) < 4.78 is 76.4. The molecule has 1 unspecified atom stereocenters. The highest BCUT2D eigenvalue weighted by molar-refractivity contribution is 7.51. The van der Waals surface area contributed by atoms with Crippen molar-refractivity contribution in [2.75, 3.05) is 165 Å². The van der Waals surface area contributed by atoms with Crippen LogP contribution in [0.1, 0.15) is 250 Å². The van der Waals surface area contributed by atoms with Crippen LogP contribution in [-0.4, -0.2) is 317 Å². The minimum Gasteiger partial charge on any atom is -0.386 e. The van der Waals surface area contributed by atoms with Crippen LogP contribution in [-0.2, 0) is 134 Å². The summed E-state index contributed by atoms with van der Waals surface area (Å²) in [7, 11) is 1.89. The molecule has 1 aliphatic carbocycles. The number of Topliss-reactive ketones (excluding diaryl/α,β-unsaturated/α-hetero) is 4. The minimum atomic E-state index is -4.33. The molecule has 4 aromatic rings. The molecule has 8 amide bonds. The summed E-state index contributed by atoms with van der Waals surface area (Å²) in [5.74, 6) is -2.57. The molecule has 38 nitrogen and oxygen atoms in total. The lowest BCUT2D eigenvalue weighted by Crippen LogP contribution is -2.55. The molecule has 1 saturated heterocycles. The molecule has 148 heavy (non-hydrogen) atoms. The third-order valence-corrected chi connectivity index (χ3v) is 28.1. The number of methoxy groups -OCH3 is 2. The molecule has 3 heterocycles. The lowest BCUT2D eigenvalue weighted by Gasteiger charge is -2.41. The second kappa shape index (κ2) is 67.7. The molecular weight excluding hydrogens is 1930 g/mol. The molecule has 0 radical (unpaired) electrons. The largest absolute Gasteiger partial charge is 0.386 e. The number of carbonyl (C=O) groups excluding carboxylic acids is 12. The smallest absolute Gasteiger partial charge is 0.344 e. The van der Waals surface area contributed by atoms with Crippen LogP contribution in [0.4, 0.5) is 5.69 Å². The van der Waals surface area contributed by atoms with Crippen LogP contribution in [0.25, 0.3) is 0 Å². The SMILES string of the molecule is CC[C@H](C)[C@@H]([C@@H](CC(=O)N1CCC[C@H]1[C@H](OC)[C@@H](C)C(=O)N[C@H](C)[C@@H](O)c1ccccc1)OC)N(C)C(=O)[C@@H](CC(=O)[C@H](C(C)C)N(C)C(=O)[C@H](C)CC(=O)[C@@H](NC(=O)[C@@H](CCCCNC(=O)COC1CCCCCc2c1nnn2CCOCCOCCOCCOCCC(=O)NCP(=O)(O)O)CC(=O)CCOCCOCCOCCOCCCC(=O)CCC(=O)N1Cc2ccccc2C#Cc2ccccc21)C(C)C)C(C)C. The minimum absolute atomic E-state index is 0.0230. The fourth-order valence-corrected chi connectivity index (χ4v) is 19.4. The highest BCUT2D eigenvalue weighted by Gasteiger charge is 2.45. The van der Waals surface area contributed by atoms with E-state index in [1.807, 2.05) is 113 Å². The van der Waals surface area contributed by atoms with E-state index in [0.29, 0.717) is 135 Å². The topological polar surface area (TPSA) is 476 Å². The van der Waals surface area contributed by atoms with Crippen molar-refractivity contribution < 1.29 is 129 Å². The summed E-state index contributed by atoms with van der Waals surface area (Å²) in [6, 6.07) is 20.5. The second-order valence-corrected chi connectivity index (χ2v) is 41.5. The molecule has 0 bridgehead atoms. The predicted octanol–water partition coefficient (Wildman–Crippen LogP) is 10.2. The first kappa shape index (κ1) is 125. The Kier molecular flexibility index (Phi) is 57.3. The number of carbonyl (C=O) groups is 12. The zero-order valence-electron chi connectivity index (χ0n) is 89.9. The molecule has 14 atom stereocenters. The maximum absolute atomic E-state index is 15.2. The van der Waals surface area contributed by atoms with Crippen LogP contribution in [0, 0.1) is 59.2 Å². The van der Waals surface area contributed by atoms with Gasteiger partial charge in [0, 0.05) is 128 Å². The number of likely N-dealkylation sites (N-methyl/N-ethyl adjacent to an activating group) is 2. The van der Waals surface area contributed by atoms with Crippen LogP contribution in [0.5, 0.6) is 0 Å². The van der Waals surface area contributed by atoms with Gasteiger partial charge in [0.1, 0.15) is 36.3 Å². The first-order valence-corrected chi connectivity index (χ1v) is 54.7. The van der Waals surface area contributed by atoms with Crippen molar-refractivity contribution in [1.29, 1.82) is 0 Å². The van der Waals surface area contributed by atoms with E-state index in [1.54, 1.807) is 68.5 Å². The molecule has 7 N–H and O–H groups in total. The third-order valence-electron chi connectivity index (χ3n) is 27.6. The second-order valence-electron chi connectivity index (χ2n) is 39.9. The number of nitrogens with zero attached hydrogens (tertiary/aromatic N) is 7. The number of benzene rings is 3. The third kappa shape index (κ3) is 43.0. The lowest BCUT2D eigenvalue weighted by molar-refractivity contribution is -0.150. The van der Waals surface area contributed by atoms with E-state index in [1.165, 1.54) is 26.2 Å². The van der Waals surface area contributed by atoms with Gasteiger partial charge in [-0.25, -0.2) is 4.68 Å². The van der Waals surface area contributed by atoms with E-state index in [4.69, 9.17) is 61.9 Å². The van der Waals surface area contributed by atoms with E-state index >= 15 is 4.79 Å². The Labute approximate surface area is 874 Å². The van der Waals surface area contributed by atoms with Gasteiger partial charge in [-0.1, -0.05) is 173 Å². The van der Waals surface area contributed by atoms with E-state index in [2.05, 4.69) is 43.4 Å². The number of aliphatic hydroxyl groups excluding tert-OH is 1. The van der Waals surface area contributed by atoms with Gasteiger partial charge >= 0.3 is 7.60 Å². The molecule has 39 heteroatoms. The molecule has 1 fully saturated rings. The summed E-state index contributed by atoms with van der Waals surface area (Å²) in [4.78, 5) is 193. The summed E-state index contributed by atoms with van der Waals surface area (Å²) in [6.45, 7) is 25.2. The van der Waals surface area contributed by atoms with Gasteiger partial charge in [-0.2, -0.15) is 0 Å². The van der Waals surface area contributed by atoms with Gasteiger partial charge in [0.05, 0.1) is 184 Å². The fourth-order valence-electron chi connectivity index (χ4n) is 19.0. The number of rotatable bonds is 74. The molecule has 0 saturated carbocycles. The van der Waals surface area contributed by atoms with E-state index < -0.39 is 128 Å². The maximum Gasteiger partial charge on any atom is 0.344 e.